The molecule has 0 fully saturated rings. The number of nitrogens with zero attached hydrogens (tertiary/aromatic N) is 2. The van der Waals surface area contributed by atoms with Crippen LogP contribution in [0.1, 0.15) is 28.5 Å². The van der Waals surface area contributed by atoms with E-state index in [-0.39, 0.29) is 5.69 Å². The number of ether oxygens (including phenoxy) is 1. The van der Waals surface area contributed by atoms with Crippen LogP contribution in [0.4, 0.5) is 18.9 Å². The fraction of sp³-hybridized carbons (Fsp3) is 0.200. The molecular weight excluding hydrogens is 371 g/mol. The molecule has 3 rings (SSSR count). The van der Waals surface area contributed by atoms with Gasteiger partial charge in [0.2, 0.25) is 0 Å². The van der Waals surface area contributed by atoms with Gasteiger partial charge in [-0.25, -0.2) is 4.39 Å². The van der Waals surface area contributed by atoms with E-state index in [1.54, 1.807) is 4.68 Å². The Balaban J connectivity index is 1.77. The van der Waals surface area contributed by atoms with Crippen molar-refractivity contribution in [2.75, 3.05) is 5.32 Å². The molecule has 3 aromatic rings. The Kier molecular flexibility index (Phi) is 5.98. The zero-order valence-corrected chi connectivity index (χ0v) is 15.0. The van der Waals surface area contributed by atoms with Gasteiger partial charge in [-0.05, 0) is 24.1 Å². The lowest BCUT2D eigenvalue weighted by Crippen LogP contribution is -2.15. The minimum absolute atomic E-state index is 0.127. The van der Waals surface area contributed by atoms with Gasteiger partial charge >= 0.3 is 6.61 Å². The number of anilines is 1. The van der Waals surface area contributed by atoms with Crippen LogP contribution in [-0.2, 0) is 13.0 Å². The number of nitrogens with one attached hydrogen (secondary N) is 1. The van der Waals surface area contributed by atoms with Crippen LogP contribution >= 0.6 is 0 Å². The van der Waals surface area contributed by atoms with Crippen molar-refractivity contribution >= 4 is 11.6 Å². The number of alkyl halides is 2. The van der Waals surface area contributed by atoms with Crippen molar-refractivity contribution in [2.24, 2.45) is 0 Å². The molecule has 146 valence electrons. The topological polar surface area (TPSA) is 56.1 Å². The Morgan fingerprint density at radius 2 is 1.96 bits per heavy atom. The molecule has 8 heteroatoms. The average Bonchev–Trinajstić information content (AvgIpc) is 3.07. The van der Waals surface area contributed by atoms with E-state index in [0.717, 1.165) is 23.4 Å². The number of hydrogen-bond donors (Lipinski definition) is 1. The summed E-state index contributed by atoms with van der Waals surface area (Å²) in [5.41, 5.74) is 2.28. The van der Waals surface area contributed by atoms with Crippen LogP contribution in [0.15, 0.2) is 54.7 Å². The second kappa shape index (κ2) is 8.60. The van der Waals surface area contributed by atoms with E-state index in [2.05, 4.69) is 15.2 Å². The van der Waals surface area contributed by atoms with Crippen LogP contribution in [0.2, 0.25) is 0 Å². The van der Waals surface area contributed by atoms with Gasteiger partial charge in [0.15, 0.2) is 11.6 Å². The Morgan fingerprint density at radius 1 is 1.21 bits per heavy atom. The molecule has 0 spiro atoms. The van der Waals surface area contributed by atoms with Gasteiger partial charge in [-0.3, -0.25) is 9.48 Å². The van der Waals surface area contributed by atoms with Crippen LogP contribution in [-0.4, -0.2) is 22.3 Å². The Hall–Kier alpha value is -3.29. The number of benzene rings is 2. The van der Waals surface area contributed by atoms with Gasteiger partial charge in [-0.15, -0.1) is 0 Å². The van der Waals surface area contributed by atoms with E-state index in [1.165, 1.54) is 12.3 Å². The molecule has 0 atom stereocenters. The van der Waals surface area contributed by atoms with E-state index in [4.69, 9.17) is 0 Å². The fourth-order valence-corrected chi connectivity index (χ4v) is 2.83. The molecule has 0 radical (unpaired) electrons. The molecule has 28 heavy (non-hydrogen) atoms. The maximum atomic E-state index is 13.8. The minimum Gasteiger partial charge on any atom is -0.432 e. The number of aromatic nitrogens is 2. The molecule has 1 heterocycles. The lowest BCUT2D eigenvalue weighted by atomic mass is 10.1. The molecule has 0 saturated carbocycles. The third kappa shape index (κ3) is 4.51. The standard InChI is InChI=1S/C20H18F3N3O2/c1-2-17-15(11-24-26(17)12-13-6-4-3-5-7-13)19(27)25-14-8-9-18(16(21)10-14)28-20(22)23/h3-11,20H,2,12H2,1H3,(H,25,27). The zero-order chi connectivity index (χ0) is 20.1. The van der Waals surface area contributed by atoms with Gasteiger partial charge in [0.1, 0.15) is 0 Å². The van der Waals surface area contributed by atoms with Crippen molar-refractivity contribution < 1.29 is 22.7 Å². The van der Waals surface area contributed by atoms with Gasteiger partial charge in [0.25, 0.3) is 5.91 Å². The van der Waals surface area contributed by atoms with Crippen LogP contribution in [0.3, 0.4) is 0 Å². The van der Waals surface area contributed by atoms with E-state index >= 15 is 0 Å². The first-order valence-electron chi connectivity index (χ1n) is 8.62. The largest absolute Gasteiger partial charge is 0.432 e. The summed E-state index contributed by atoms with van der Waals surface area (Å²) in [6.45, 7) is -0.700. The van der Waals surface area contributed by atoms with Gasteiger partial charge in [0, 0.05) is 11.8 Å². The minimum atomic E-state index is -3.13. The highest BCUT2D eigenvalue weighted by atomic mass is 19.3. The van der Waals surface area contributed by atoms with Crippen LogP contribution in [0, 0.1) is 5.82 Å². The van der Waals surface area contributed by atoms with Crippen molar-refractivity contribution in [1.82, 2.24) is 9.78 Å². The first-order valence-corrected chi connectivity index (χ1v) is 8.62. The number of carbonyl (C=O) groups is 1. The summed E-state index contributed by atoms with van der Waals surface area (Å²) in [5.74, 6) is -2.04. The maximum Gasteiger partial charge on any atom is 0.387 e. The first-order chi connectivity index (χ1) is 13.5. The normalized spacial score (nSPS) is 10.9. The van der Waals surface area contributed by atoms with Gasteiger partial charge in [-0.1, -0.05) is 37.3 Å². The quantitative estimate of drug-likeness (QED) is 0.648. The van der Waals surface area contributed by atoms with Crippen LogP contribution in [0.5, 0.6) is 5.75 Å². The molecule has 1 aromatic heterocycles. The zero-order valence-electron chi connectivity index (χ0n) is 15.0. The average molecular weight is 389 g/mol. The summed E-state index contributed by atoms with van der Waals surface area (Å²) in [6.07, 6.45) is 2.03. The lowest BCUT2D eigenvalue weighted by molar-refractivity contribution is -0.0521. The Labute approximate surface area is 159 Å². The van der Waals surface area contributed by atoms with Gasteiger partial charge < -0.3 is 10.1 Å². The highest BCUT2D eigenvalue weighted by Crippen LogP contribution is 2.23. The fourth-order valence-electron chi connectivity index (χ4n) is 2.83. The monoisotopic (exact) mass is 389 g/mol. The number of halogens is 3. The smallest absolute Gasteiger partial charge is 0.387 e. The number of amides is 1. The molecule has 0 aliphatic carbocycles. The Bertz CT molecular complexity index is 959. The molecular formula is C20H18F3N3O2. The highest BCUT2D eigenvalue weighted by molar-refractivity contribution is 6.05. The van der Waals surface area contributed by atoms with Gasteiger partial charge in [-0.2, -0.15) is 13.9 Å². The first kappa shape index (κ1) is 19.5. The van der Waals surface area contributed by atoms with E-state index in [0.29, 0.717) is 18.5 Å². The lowest BCUT2D eigenvalue weighted by Gasteiger charge is -2.10. The molecule has 2 aromatic carbocycles. The molecule has 1 N–H and O–H groups in total. The summed E-state index contributed by atoms with van der Waals surface area (Å²) < 4.78 is 44.0. The number of carbonyl (C=O) groups excluding carboxylic acids is 1. The van der Waals surface area contributed by atoms with Crippen molar-refractivity contribution in [3.63, 3.8) is 0 Å². The van der Waals surface area contributed by atoms with Crippen molar-refractivity contribution in [2.45, 2.75) is 26.5 Å². The summed E-state index contributed by atoms with van der Waals surface area (Å²) in [5, 5.41) is 6.84. The third-order valence-electron chi connectivity index (χ3n) is 4.11. The molecule has 0 bridgehead atoms. The molecule has 1 amide bonds. The van der Waals surface area contributed by atoms with Crippen molar-refractivity contribution in [3.05, 3.63) is 77.4 Å². The SMILES string of the molecule is CCc1c(C(=O)Nc2ccc(OC(F)F)c(F)c2)cnn1Cc1ccccc1. The molecule has 5 nitrogen and oxygen atoms in total. The number of rotatable bonds is 7. The molecule has 0 unspecified atom stereocenters. The molecule has 0 saturated heterocycles. The van der Waals surface area contributed by atoms with E-state index < -0.39 is 24.1 Å². The van der Waals surface area contributed by atoms with E-state index in [1.807, 2.05) is 37.3 Å². The molecule has 0 aliphatic rings. The van der Waals surface area contributed by atoms with Crippen molar-refractivity contribution in [1.29, 1.82) is 0 Å². The molecule has 0 aliphatic heterocycles. The maximum absolute atomic E-state index is 13.8. The van der Waals surface area contributed by atoms with Crippen LogP contribution < -0.4 is 10.1 Å². The summed E-state index contributed by atoms with van der Waals surface area (Å²) in [7, 11) is 0. The Morgan fingerprint density at radius 3 is 2.61 bits per heavy atom. The summed E-state index contributed by atoms with van der Waals surface area (Å²) in [4.78, 5) is 12.6. The summed E-state index contributed by atoms with van der Waals surface area (Å²) >= 11 is 0. The van der Waals surface area contributed by atoms with Gasteiger partial charge in [0.05, 0.1) is 24.0 Å². The van der Waals surface area contributed by atoms with Crippen LogP contribution in [0.25, 0.3) is 0 Å². The third-order valence-corrected chi connectivity index (χ3v) is 4.11. The summed E-state index contributed by atoms with van der Waals surface area (Å²) in [6, 6.07) is 13.0. The number of hydrogen-bond acceptors (Lipinski definition) is 3. The van der Waals surface area contributed by atoms with E-state index in [9.17, 15) is 18.0 Å². The highest BCUT2D eigenvalue weighted by Gasteiger charge is 2.18. The van der Waals surface area contributed by atoms with Crippen molar-refractivity contribution in [3.8, 4) is 5.75 Å². The predicted molar refractivity (Wildman–Crippen MR) is 98.1 cm³/mol. The second-order valence-electron chi connectivity index (χ2n) is 5.98. The second-order valence-corrected chi connectivity index (χ2v) is 5.98. The predicted octanol–water partition coefficient (Wildman–Crippen LogP) is 4.49.